The maximum atomic E-state index is 13.4. The van der Waals surface area contributed by atoms with Gasteiger partial charge in [-0.3, -0.25) is 9.69 Å². The minimum Gasteiger partial charge on any atom is -0.490 e. The summed E-state index contributed by atoms with van der Waals surface area (Å²) in [7, 11) is 0. The molecule has 1 fully saturated rings. The van der Waals surface area contributed by atoms with Crippen molar-refractivity contribution in [1.82, 2.24) is 4.90 Å². The first-order chi connectivity index (χ1) is 15.9. The van der Waals surface area contributed by atoms with E-state index in [2.05, 4.69) is 6.07 Å². The van der Waals surface area contributed by atoms with Crippen molar-refractivity contribution in [2.75, 3.05) is 19.0 Å². The lowest BCUT2D eigenvalue weighted by Crippen LogP contribution is -2.48. The van der Waals surface area contributed by atoms with Crippen molar-refractivity contribution in [3.8, 4) is 17.6 Å². The van der Waals surface area contributed by atoms with Gasteiger partial charge in [0.25, 0.3) is 0 Å². The molecule has 0 spiro atoms. The summed E-state index contributed by atoms with van der Waals surface area (Å²) in [5.74, 6) is 0.168. The minimum absolute atomic E-state index is 0.0250. The van der Waals surface area contributed by atoms with E-state index in [9.17, 15) is 19.6 Å². The number of benzene rings is 2. The Kier molecular flexibility index (Phi) is 6.63. The van der Waals surface area contributed by atoms with Gasteiger partial charge in [-0.25, -0.2) is 4.39 Å². The first-order valence-electron chi connectivity index (χ1n) is 10.9. The number of ether oxygens (including phenoxy) is 2. The second-order valence-corrected chi connectivity index (χ2v) is 8.88. The SMILES string of the molecule is CCCOc1ccc(C2CC(=O)N3C(=C2C#N)SCC3(O)c2ccc(F)cc2)cc1OCC. The zero-order chi connectivity index (χ0) is 23.6. The molecule has 0 aliphatic carbocycles. The lowest BCUT2D eigenvalue weighted by molar-refractivity contribution is -0.149. The summed E-state index contributed by atoms with van der Waals surface area (Å²) in [4.78, 5) is 14.6. The Bertz CT molecular complexity index is 1130. The average molecular weight is 469 g/mol. The summed E-state index contributed by atoms with van der Waals surface area (Å²) in [5.41, 5.74) is -0.0299. The first kappa shape index (κ1) is 23.1. The number of thioether (sulfide) groups is 1. The minimum atomic E-state index is -1.63. The van der Waals surface area contributed by atoms with Crippen molar-refractivity contribution in [3.63, 3.8) is 0 Å². The van der Waals surface area contributed by atoms with Crippen LogP contribution in [0.3, 0.4) is 0 Å². The van der Waals surface area contributed by atoms with Gasteiger partial charge in [0, 0.05) is 17.9 Å². The monoisotopic (exact) mass is 468 g/mol. The molecule has 2 aromatic rings. The van der Waals surface area contributed by atoms with E-state index in [1.807, 2.05) is 32.0 Å². The Hall–Kier alpha value is -3.02. The molecule has 2 atom stereocenters. The third-order valence-electron chi connectivity index (χ3n) is 5.75. The van der Waals surface area contributed by atoms with Crippen molar-refractivity contribution in [1.29, 1.82) is 5.26 Å². The Morgan fingerprint density at radius 1 is 1.21 bits per heavy atom. The van der Waals surface area contributed by atoms with Gasteiger partial charge < -0.3 is 14.6 Å². The molecule has 6 nitrogen and oxygen atoms in total. The van der Waals surface area contributed by atoms with Gasteiger partial charge in [0.2, 0.25) is 5.91 Å². The van der Waals surface area contributed by atoms with E-state index in [1.165, 1.54) is 40.9 Å². The molecule has 2 aromatic carbocycles. The molecule has 0 radical (unpaired) electrons. The second-order valence-electron chi connectivity index (χ2n) is 7.92. The number of nitriles is 1. The number of carbonyl (C=O) groups is 1. The Morgan fingerprint density at radius 3 is 2.64 bits per heavy atom. The summed E-state index contributed by atoms with van der Waals surface area (Å²) < 4.78 is 24.9. The van der Waals surface area contributed by atoms with E-state index in [4.69, 9.17) is 9.47 Å². The smallest absolute Gasteiger partial charge is 0.231 e. The maximum absolute atomic E-state index is 13.4. The van der Waals surface area contributed by atoms with Crippen LogP contribution in [0, 0.1) is 17.1 Å². The molecule has 2 aliphatic heterocycles. The zero-order valence-electron chi connectivity index (χ0n) is 18.5. The Balaban J connectivity index is 1.73. The second kappa shape index (κ2) is 9.46. The van der Waals surface area contributed by atoms with Gasteiger partial charge in [-0.05, 0) is 43.2 Å². The normalized spacial score (nSPS) is 22.2. The van der Waals surface area contributed by atoms with Gasteiger partial charge in [0.05, 0.1) is 35.6 Å². The van der Waals surface area contributed by atoms with E-state index < -0.39 is 17.5 Å². The van der Waals surface area contributed by atoms with Crippen molar-refractivity contribution < 1.29 is 23.8 Å². The highest BCUT2D eigenvalue weighted by Crippen LogP contribution is 2.52. The lowest BCUT2D eigenvalue weighted by atomic mass is 9.85. The van der Waals surface area contributed by atoms with E-state index in [1.54, 1.807) is 0 Å². The molecule has 2 heterocycles. The summed E-state index contributed by atoms with van der Waals surface area (Å²) in [6, 6.07) is 13.2. The number of nitrogens with zero attached hydrogens (tertiary/aromatic N) is 2. The van der Waals surface area contributed by atoms with Gasteiger partial charge in [-0.15, -0.1) is 11.8 Å². The third-order valence-corrected chi connectivity index (χ3v) is 6.97. The van der Waals surface area contributed by atoms with Crippen molar-refractivity contribution in [3.05, 3.63) is 70.0 Å². The molecule has 1 saturated heterocycles. The van der Waals surface area contributed by atoms with Crippen LogP contribution >= 0.6 is 11.8 Å². The summed E-state index contributed by atoms with van der Waals surface area (Å²) in [6.07, 6.45) is 0.885. The number of allylic oxidation sites excluding steroid dienone is 1. The summed E-state index contributed by atoms with van der Waals surface area (Å²) in [6.45, 7) is 4.91. The van der Waals surface area contributed by atoms with Crippen LogP contribution in [0.15, 0.2) is 53.1 Å². The van der Waals surface area contributed by atoms with Crippen LogP contribution in [0.1, 0.15) is 43.7 Å². The fourth-order valence-electron chi connectivity index (χ4n) is 4.18. The number of halogens is 1. The number of carbonyl (C=O) groups excluding carboxylic acids is 1. The molecule has 2 unspecified atom stereocenters. The molecule has 0 saturated carbocycles. The van der Waals surface area contributed by atoms with E-state index in [0.29, 0.717) is 40.9 Å². The van der Waals surface area contributed by atoms with Crippen LogP contribution in [0.2, 0.25) is 0 Å². The number of hydrogen-bond donors (Lipinski definition) is 1. The van der Waals surface area contributed by atoms with Gasteiger partial charge in [-0.2, -0.15) is 5.26 Å². The van der Waals surface area contributed by atoms with Crippen LogP contribution in [-0.4, -0.2) is 34.9 Å². The zero-order valence-corrected chi connectivity index (χ0v) is 19.3. The first-order valence-corrected chi connectivity index (χ1v) is 11.9. The number of amides is 1. The van der Waals surface area contributed by atoms with Crippen LogP contribution in [-0.2, 0) is 10.5 Å². The molecule has 172 valence electrons. The molecule has 0 bridgehead atoms. The lowest BCUT2D eigenvalue weighted by Gasteiger charge is -2.38. The quantitative estimate of drug-likeness (QED) is 0.637. The Morgan fingerprint density at radius 2 is 1.97 bits per heavy atom. The van der Waals surface area contributed by atoms with E-state index >= 15 is 0 Å². The maximum Gasteiger partial charge on any atom is 0.231 e. The van der Waals surface area contributed by atoms with Gasteiger partial charge in [-0.1, -0.05) is 25.1 Å². The van der Waals surface area contributed by atoms with Crippen LogP contribution in [0.25, 0.3) is 0 Å². The van der Waals surface area contributed by atoms with Crippen molar-refractivity contribution in [2.24, 2.45) is 0 Å². The van der Waals surface area contributed by atoms with Crippen molar-refractivity contribution in [2.45, 2.75) is 38.3 Å². The highest BCUT2D eigenvalue weighted by atomic mass is 32.2. The highest BCUT2D eigenvalue weighted by Gasteiger charge is 2.51. The number of hydrogen-bond acceptors (Lipinski definition) is 6. The predicted octanol–water partition coefficient (Wildman–Crippen LogP) is 4.66. The molecule has 4 rings (SSSR count). The molecule has 1 N–H and O–H groups in total. The summed E-state index contributed by atoms with van der Waals surface area (Å²) in [5, 5.41) is 21.9. The van der Waals surface area contributed by atoms with E-state index in [-0.39, 0.29) is 18.1 Å². The fourth-order valence-corrected chi connectivity index (χ4v) is 5.54. The standard InChI is InChI=1S/C25H25FN2O4S/c1-3-11-32-21-10-5-16(12-22(21)31-4-2)19-13-23(29)28-24(20(19)14-27)33-15-25(28,30)17-6-8-18(26)9-7-17/h5-10,12,19,30H,3-4,11,13,15H2,1-2H3. The fraction of sp³-hybridized carbons (Fsp3) is 0.360. The predicted molar refractivity (Wildman–Crippen MR) is 123 cm³/mol. The largest absolute Gasteiger partial charge is 0.490 e. The van der Waals surface area contributed by atoms with Crippen LogP contribution in [0.4, 0.5) is 4.39 Å². The van der Waals surface area contributed by atoms with Crippen molar-refractivity contribution >= 4 is 17.7 Å². The summed E-state index contributed by atoms with van der Waals surface area (Å²) >= 11 is 1.26. The van der Waals surface area contributed by atoms with Crippen LogP contribution in [0.5, 0.6) is 11.5 Å². The van der Waals surface area contributed by atoms with Crippen LogP contribution < -0.4 is 9.47 Å². The third kappa shape index (κ3) is 4.19. The molecule has 1 amide bonds. The van der Waals surface area contributed by atoms with Gasteiger partial charge in [0.15, 0.2) is 17.2 Å². The topological polar surface area (TPSA) is 82.8 Å². The molecule has 33 heavy (non-hydrogen) atoms. The number of fused-ring (bicyclic) bond motifs is 1. The number of rotatable bonds is 7. The average Bonchev–Trinajstić information content (AvgIpc) is 3.17. The Labute approximate surface area is 196 Å². The van der Waals surface area contributed by atoms with Gasteiger partial charge >= 0.3 is 0 Å². The molecular weight excluding hydrogens is 443 g/mol. The van der Waals surface area contributed by atoms with Gasteiger partial charge in [0.1, 0.15) is 5.82 Å². The molecule has 8 heteroatoms. The van der Waals surface area contributed by atoms with E-state index in [0.717, 1.165) is 12.0 Å². The molecule has 2 aliphatic rings. The number of aliphatic hydroxyl groups is 1. The molecule has 0 aromatic heterocycles. The molecular formula is C25H25FN2O4S. The highest BCUT2D eigenvalue weighted by molar-refractivity contribution is 8.03.